The molecule has 5 heterocycles. The van der Waals surface area contributed by atoms with Gasteiger partial charge in [0.2, 0.25) is 59.1 Å². The number of H-pyrrole nitrogens is 3. The van der Waals surface area contributed by atoms with E-state index in [2.05, 4.69) is 62.5 Å². The van der Waals surface area contributed by atoms with Crippen molar-refractivity contribution >= 4 is 104 Å². The van der Waals surface area contributed by atoms with Gasteiger partial charge in [0.1, 0.15) is 65.7 Å². The Kier molecular flexibility index (Phi) is 25.2. The highest BCUT2D eigenvalue weighted by Gasteiger charge is 2.40. The SMILES string of the molecule is C[C@@H]1NC(=O)[C@H](Cc2c[nH]c3ccc(F)cc23)NC(=O)[C@H](Cc2c[nH]c3ccc(F)cc23)NC(=O)CNC(=O)[C@H](CCCCN)NC(=O)CCSCc2cccc(c2)CSC[C@@H](C(N)=O)NC(=O)[C@@H]2CCCN2C(=O)[C@H](Cc2ccc(O)cc2)NC(=O)[C@H](Cc2c[nH]cn2)NC1=O. The van der Waals surface area contributed by atoms with Crippen molar-refractivity contribution < 1.29 is 61.8 Å². The lowest BCUT2D eigenvalue weighted by atomic mass is 10.0. The van der Waals surface area contributed by atoms with Crippen LogP contribution in [0.4, 0.5) is 8.78 Å². The molecular weight excluding hydrogens is 1290 g/mol. The number of hydrogen-bond acceptors (Lipinski definition) is 15. The van der Waals surface area contributed by atoms with Gasteiger partial charge in [0.15, 0.2) is 0 Å². The minimum atomic E-state index is -1.60. The first kappa shape index (κ1) is 71.5. The predicted molar refractivity (Wildman–Crippen MR) is 360 cm³/mol. The minimum Gasteiger partial charge on any atom is -0.508 e. The zero-order chi connectivity index (χ0) is 69.1. The van der Waals surface area contributed by atoms with Gasteiger partial charge in [-0.3, -0.25) is 47.9 Å². The summed E-state index contributed by atoms with van der Waals surface area (Å²) in [5, 5.41) is 32.4. The van der Waals surface area contributed by atoms with Crippen LogP contribution < -0.4 is 54.0 Å². The van der Waals surface area contributed by atoms with Gasteiger partial charge in [0.25, 0.3) is 0 Å². The summed E-state index contributed by atoms with van der Waals surface area (Å²) < 4.78 is 29.7. The van der Waals surface area contributed by atoms with Crippen molar-refractivity contribution in [2.45, 2.75) is 131 Å². The molecule has 0 aliphatic carbocycles. The quantitative estimate of drug-likeness (QED) is 0.0737. The standard InChI is InChI=1S/C67H79F2N15O11S2/c1-37-61(89)80-54(28-45-31-72-36-76-45)65(93)82-55(23-38-10-14-46(85)15-11-38)67(95)84-20-5-9-57(84)66(94)83-56(60(71)88)35-97-34-40-7-4-6-39(22-40)33-96-21-18-58(86)78-51(8-2-3-19-70)62(90)75-32-59(87)79-52(24-41-29-73-49-16-12-43(68)26-47(41)49)64(92)81-53(63(91)77-37)25-42-30-74-50-17-13-44(69)27-48(42)50/h4,6-7,10-17,22,26-27,29-31,36-37,51-57,73-74,85H,2-3,5,8-9,18-21,23-25,28,32-35,70H2,1H3,(H2,71,88)(H,72,76)(H,75,90)(H,77,91)(H,78,86)(H,79,87)(H,80,89)(H,81,92)(H,82,93)(H,83,94)/t37-,51-,52-,53-,54-,55-,56-,57-/m0/s1. The maximum atomic E-state index is 15.0. The zero-order valence-electron chi connectivity index (χ0n) is 53.2. The number of amides is 10. The number of imidazole rings is 1. The second-order valence-corrected chi connectivity index (χ2v) is 26.1. The number of fused-ring (bicyclic) bond motifs is 5. The third-order valence-corrected chi connectivity index (χ3v) is 18.9. The largest absolute Gasteiger partial charge is 0.508 e. The number of nitrogens with zero attached hydrogens (tertiary/aromatic N) is 2. The number of nitrogens with one attached hydrogen (secondary N) is 11. The fourth-order valence-corrected chi connectivity index (χ4v) is 13.5. The van der Waals surface area contributed by atoms with Gasteiger partial charge in [-0.05, 0) is 122 Å². The van der Waals surface area contributed by atoms with Crippen LogP contribution in [0.2, 0.25) is 0 Å². The van der Waals surface area contributed by atoms with Gasteiger partial charge >= 0.3 is 0 Å². The molecule has 16 N–H and O–H groups in total. The number of rotatable bonds is 13. The van der Waals surface area contributed by atoms with Crippen LogP contribution in [0, 0.1) is 11.6 Å². The van der Waals surface area contributed by atoms with E-state index in [4.69, 9.17) is 11.5 Å². The summed E-state index contributed by atoms with van der Waals surface area (Å²) in [7, 11) is 0. The van der Waals surface area contributed by atoms with E-state index in [0.717, 1.165) is 11.1 Å². The molecule has 8 atom stereocenters. The number of hydrogen-bond donors (Lipinski definition) is 14. The third-order valence-electron chi connectivity index (χ3n) is 16.7. The molecule has 26 nitrogen and oxygen atoms in total. The van der Waals surface area contributed by atoms with Gasteiger partial charge in [0, 0.05) is 102 Å². The fourth-order valence-electron chi connectivity index (χ4n) is 11.6. The molecule has 0 spiro atoms. The lowest BCUT2D eigenvalue weighted by Gasteiger charge is -2.31. The molecule has 7 aromatic rings. The molecule has 10 amide bonds. The lowest BCUT2D eigenvalue weighted by Crippen LogP contribution is -2.60. The number of halogens is 2. The van der Waals surface area contributed by atoms with E-state index in [9.17, 15) is 61.8 Å². The molecule has 2 aliphatic heterocycles. The smallest absolute Gasteiger partial charge is 0.246 e. The van der Waals surface area contributed by atoms with Crippen molar-refractivity contribution in [3.8, 4) is 5.75 Å². The highest BCUT2D eigenvalue weighted by Crippen LogP contribution is 2.26. The fraction of sp³-hybridized carbons (Fsp3) is 0.388. The molecule has 3 aromatic heterocycles. The molecule has 2 aliphatic rings. The topological polar surface area (TPSA) is 403 Å². The number of thioether (sulfide) groups is 2. The van der Waals surface area contributed by atoms with Crippen LogP contribution in [-0.2, 0) is 85.1 Å². The van der Waals surface area contributed by atoms with E-state index in [1.54, 1.807) is 12.1 Å². The molecule has 30 heteroatoms. The second kappa shape index (κ2) is 34.2. The number of benzene rings is 4. The van der Waals surface area contributed by atoms with Crippen LogP contribution in [0.15, 0.2) is 110 Å². The van der Waals surface area contributed by atoms with Crippen molar-refractivity contribution in [3.05, 3.63) is 155 Å². The number of unbranched alkanes of at least 4 members (excludes halogenated alkanes) is 1. The summed E-state index contributed by atoms with van der Waals surface area (Å²) in [4.78, 5) is 157. The van der Waals surface area contributed by atoms with E-state index >= 15 is 0 Å². The number of nitrogens with two attached hydrogens (primary N) is 2. The molecule has 0 saturated carbocycles. The third kappa shape index (κ3) is 20.1. The zero-order valence-corrected chi connectivity index (χ0v) is 54.8. The van der Waals surface area contributed by atoms with Crippen LogP contribution >= 0.6 is 23.5 Å². The summed E-state index contributed by atoms with van der Waals surface area (Å²) in [5.74, 6) is -7.68. The maximum Gasteiger partial charge on any atom is 0.246 e. The Balaban J connectivity index is 1.02. The first-order valence-corrected chi connectivity index (χ1v) is 34.2. The van der Waals surface area contributed by atoms with E-state index in [1.165, 1.54) is 109 Å². The molecule has 0 unspecified atom stereocenters. The Morgan fingerprint density at radius 1 is 0.639 bits per heavy atom. The number of aromatic nitrogens is 4. The first-order chi connectivity index (χ1) is 46.7. The molecular formula is C67H79F2N15O11S2. The number of primary amides is 1. The number of carbonyl (C=O) groups is 10. The number of aromatic hydroxyl groups is 1. The van der Waals surface area contributed by atoms with Gasteiger partial charge in [0.05, 0.1) is 18.6 Å². The van der Waals surface area contributed by atoms with Crippen molar-refractivity contribution in [3.63, 3.8) is 0 Å². The average molecular weight is 1370 g/mol. The Morgan fingerprint density at radius 2 is 1.25 bits per heavy atom. The molecule has 0 radical (unpaired) electrons. The molecule has 4 aromatic carbocycles. The maximum absolute atomic E-state index is 15.0. The number of phenolic OH excluding ortho intramolecular Hbond substituents is 1. The number of aromatic amines is 3. The number of phenols is 1. The van der Waals surface area contributed by atoms with E-state index in [1.807, 2.05) is 24.3 Å². The van der Waals surface area contributed by atoms with Gasteiger partial charge in [-0.2, -0.15) is 23.5 Å². The highest BCUT2D eigenvalue weighted by atomic mass is 32.2. The molecule has 9 rings (SSSR count). The van der Waals surface area contributed by atoms with Crippen LogP contribution in [0.5, 0.6) is 5.75 Å². The van der Waals surface area contributed by atoms with Crippen molar-refractivity contribution in [1.29, 1.82) is 0 Å². The van der Waals surface area contributed by atoms with E-state index < -0.39 is 126 Å². The van der Waals surface area contributed by atoms with Crippen molar-refractivity contribution in [1.82, 2.24) is 67.4 Å². The van der Waals surface area contributed by atoms with E-state index in [0.29, 0.717) is 87.3 Å². The Morgan fingerprint density at radius 3 is 1.89 bits per heavy atom. The second-order valence-electron chi connectivity index (χ2n) is 24.0. The summed E-state index contributed by atoms with van der Waals surface area (Å²) in [6.45, 7) is 1.04. The van der Waals surface area contributed by atoms with Crippen molar-refractivity contribution in [2.75, 3.05) is 31.1 Å². The van der Waals surface area contributed by atoms with Crippen molar-refractivity contribution in [2.24, 2.45) is 11.5 Å². The number of carbonyl (C=O) groups excluding carboxylic acids is 10. The molecule has 2 bridgehead atoms. The van der Waals surface area contributed by atoms with Crippen LogP contribution in [0.3, 0.4) is 0 Å². The summed E-state index contributed by atoms with van der Waals surface area (Å²) in [6, 6.07) is 10.7. The Labute approximate surface area is 565 Å². The lowest BCUT2D eigenvalue weighted by molar-refractivity contribution is -0.142. The van der Waals surface area contributed by atoms with Gasteiger partial charge in [-0.1, -0.05) is 36.4 Å². The highest BCUT2D eigenvalue weighted by molar-refractivity contribution is 7.98. The van der Waals surface area contributed by atoms with Crippen LogP contribution in [0.1, 0.15) is 79.0 Å². The molecule has 1 fully saturated rings. The van der Waals surface area contributed by atoms with Gasteiger partial charge in [-0.15, -0.1) is 0 Å². The molecule has 514 valence electrons. The average Bonchev–Trinajstić information content (AvgIpc) is 1.73. The normalized spacial score (nSPS) is 22.4. The molecule has 1 saturated heterocycles. The summed E-state index contributed by atoms with van der Waals surface area (Å²) in [5.41, 5.74) is 16.0. The summed E-state index contributed by atoms with van der Waals surface area (Å²) in [6.07, 6.45) is 6.61. The van der Waals surface area contributed by atoms with E-state index in [-0.39, 0.29) is 63.0 Å². The Bertz CT molecular complexity index is 3970. The predicted octanol–water partition coefficient (Wildman–Crippen LogP) is 2.33. The molecule has 97 heavy (non-hydrogen) atoms. The monoisotopic (exact) mass is 1370 g/mol. The van der Waals surface area contributed by atoms with Gasteiger partial charge < -0.3 is 79.0 Å². The van der Waals surface area contributed by atoms with Gasteiger partial charge in [-0.25, -0.2) is 13.8 Å². The summed E-state index contributed by atoms with van der Waals surface area (Å²) >= 11 is 2.83. The van der Waals surface area contributed by atoms with Crippen LogP contribution in [0.25, 0.3) is 21.8 Å². The minimum absolute atomic E-state index is 0.0369. The van der Waals surface area contributed by atoms with Crippen LogP contribution in [-0.4, -0.2) is 168 Å². The first-order valence-electron chi connectivity index (χ1n) is 31.9. The Hall–Kier alpha value is -9.81.